The average molecular weight is 270 g/mol. The summed E-state index contributed by atoms with van der Waals surface area (Å²) in [6.45, 7) is -0.555. The Bertz CT molecular complexity index is 399. The molecule has 2 unspecified atom stereocenters. The van der Waals surface area contributed by atoms with Crippen molar-refractivity contribution >= 4 is 9.84 Å². The predicted molar refractivity (Wildman–Crippen MR) is 54.8 cm³/mol. The third-order valence-corrected chi connectivity index (χ3v) is 4.45. The fourth-order valence-corrected chi connectivity index (χ4v) is 3.37. The van der Waals surface area contributed by atoms with Gasteiger partial charge in [-0.25, -0.2) is 8.42 Å². The van der Waals surface area contributed by atoms with E-state index in [4.69, 9.17) is 5.26 Å². The van der Waals surface area contributed by atoms with Crippen LogP contribution in [0, 0.1) is 17.2 Å². The first-order valence-corrected chi connectivity index (χ1v) is 6.97. The van der Waals surface area contributed by atoms with Crippen LogP contribution in [0.15, 0.2) is 0 Å². The second-order valence-electron chi connectivity index (χ2n) is 4.09. The average Bonchev–Trinajstić information content (AvgIpc) is 2.15. The molecule has 0 aliphatic carbocycles. The number of nitrogens with one attached hydrogen (secondary N) is 1. The number of hydrogen-bond acceptors (Lipinski definition) is 4. The number of nitrogens with zero attached hydrogens (tertiary/aromatic N) is 1. The van der Waals surface area contributed by atoms with E-state index in [1.165, 1.54) is 6.07 Å². The van der Waals surface area contributed by atoms with Crippen molar-refractivity contribution in [2.75, 3.05) is 18.1 Å². The van der Waals surface area contributed by atoms with Crippen molar-refractivity contribution in [2.24, 2.45) is 5.92 Å². The van der Waals surface area contributed by atoms with Crippen molar-refractivity contribution in [3.63, 3.8) is 0 Å². The van der Waals surface area contributed by atoms with Crippen LogP contribution < -0.4 is 5.32 Å². The van der Waals surface area contributed by atoms with Crippen molar-refractivity contribution < 1.29 is 21.6 Å². The molecular formula is C9H13F3N2O2S. The van der Waals surface area contributed by atoms with Gasteiger partial charge in [0.15, 0.2) is 15.8 Å². The minimum atomic E-state index is -4.57. The largest absolute Gasteiger partial charge is 0.405 e. The summed E-state index contributed by atoms with van der Waals surface area (Å²) in [5.41, 5.74) is 0. The third-order valence-electron chi connectivity index (χ3n) is 2.62. The Labute approximate surface area is 97.7 Å². The fraction of sp³-hybridized carbons (Fsp3) is 0.889. The first-order chi connectivity index (χ1) is 7.74. The Hall–Kier alpha value is -0.810. The van der Waals surface area contributed by atoms with E-state index in [2.05, 4.69) is 5.32 Å². The van der Waals surface area contributed by atoms with Crippen molar-refractivity contribution in [3.05, 3.63) is 0 Å². The van der Waals surface area contributed by atoms with Gasteiger partial charge in [0, 0.05) is 12.6 Å². The van der Waals surface area contributed by atoms with Crippen LogP contribution in [0.25, 0.3) is 0 Å². The SMILES string of the molecule is N#CC(CNC1CCCS(=O)(=O)C1)C(F)(F)F. The molecule has 0 radical (unpaired) electrons. The fourth-order valence-electron chi connectivity index (χ4n) is 1.70. The van der Waals surface area contributed by atoms with Gasteiger partial charge >= 0.3 is 6.18 Å². The smallest absolute Gasteiger partial charge is 0.311 e. The molecule has 1 aliphatic heterocycles. The van der Waals surface area contributed by atoms with Crippen molar-refractivity contribution in [1.82, 2.24) is 5.32 Å². The van der Waals surface area contributed by atoms with Gasteiger partial charge in [-0.1, -0.05) is 0 Å². The number of sulfone groups is 1. The molecule has 1 heterocycles. The molecule has 8 heteroatoms. The summed E-state index contributed by atoms with van der Waals surface area (Å²) in [6, 6.07) is 0.686. The predicted octanol–water partition coefficient (Wildman–Crippen LogP) is 0.855. The molecule has 0 aromatic carbocycles. The van der Waals surface area contributed by atoms with E-state index in [-0.39, 0.29) is 11.5 Å². The molecule has 0 saturated carbocycles. The Balaban J connectivity index is 2.48. The van der Waals surface area contributed by atoms with Crippen LogP contribution in [0.4, 0.5) is 13.2 Å². The molecule has 0 amide bonds. The first-order valence-electron chi connectivity index (χ1n) is 5.15. The minimum Gasteiger partial charge on any atom is -0.311 e. The quantitative estimate of drug-likeness (QED) is 0.825. The molecular weight excluding hydrogens is 257 g/mol. The van der Waals surface area contributed by atoms with Crippen LogP contribution in [0.1, 0.15) is 12.8 Å². The molecule has 1 aliphatic rings. The molecule has 1 fully saturated rings. The number of halogens is 3. The van der Waals surface area contributed by atoms with E-state index in [9.17, 15) is 21.6 Å². The Kier molecular flexibility index (Phi) is 4.38. The summed E-state index contributed by atoms with van der Waals surface area (Å²) in [7, 11) is -3.15. The molecule has 2 atom stereocenters. The number of hydrogen-bond donors (Lipinski definition) is 1. The standard InChI is InChI=1S/C9H13F3N2O2S/c10-9(11,12)7(4-13)5-14-8-2-1-3-17(15,16)6-8/h7-8,14H,1-3,5-6H2. The highest BCUT2D eigenvalue weighted by atomic mass is 32.2. The van der Waals surface area contributed by atoms with Gasteiger partial charge in [0.05, 0.1) is 17.6 Å². The van der Waals surface area contributed by atoms with Gasteiger partial charge in [-0.05, 0) is 12.8 Å². The van der Waals surface area contributed by atoms with E-state index in [1.54, 1.807) is 0 Å². The zero-order valence-electron chi connectivity index (χ0n) is 9.00. The lowest BCUT2D eigenvalue weighted by Crippen LogP contribution is -2.44. The summed E-state index contributed by atoms with van der Waals surface area (Å²) >= 11 is 0. The summed E-state index contributed by atoms with van der Waals surface area (Å²) in [5, 5.41) is 10.9. The van der Waals surface area contributed by atoms with E-state index in [0.717, 1.165) is 0 Å². The van der Waals surface area contributed by atoms with Gasteiger partial charge in [-0.15, -0.1) is 0 Å². The Morgan fingerprint density at radius 2 is 2.12 bits per heavy atom. The highest BCUT2D eigenvalue weighted by molar-refractivity contribution is 7.91. The molecule has 0 aromatic heterocycles. The van der Waals surface area contributed by atoms with Gasteiger partial charge < -0.3 is 5.32 Å². The Morgan fingerprint density at radius 1 is 1.47 bits per heavy atom. The van der Waals surface area contributed by atoms with Gasteiger partial charge in [-0.3, -0.25) is 0 Å². The third kappa shape index (κ3) is 4.52. The van der Waals surface area contributed by atoms with Crippen molar-refractivity contribution in [3.8, 4) is 6.07 Å². The van der Waals surface area contributed by atoms with E-state index in [1.807, 2.05) is 0 Å². The van der Waals surface area contributed by atoms with Gasteiger partial charge in [0.2, 0.25) is 0 Å². The van der Waals surface area contributed by atoms with Gasteiger partial charge in [-0.2, -0.15) is 18.4 Å². The van der Waals surface area contributed by atoms with Crippen LogP contribution in [0.2, 0.25) is 0 Å². The normalized spacial score (nSPS) is 26.1. The van der Waals surface area contributed by atoms with Crippen LogP contribution in [0.3, 0.4) is 0 Å². The van der Waals surface area contributed by atoms with Crippen molar-refractivity contribution in [1.29, 1.82) is 5.26 Å². The summed E-state index contributed by atoms with van der Waals surface area (Å²) in [5.74, 6) is -2.15. The zero-order chi connectivity index (χ0) is 13.1. The lowest BCUT2D eigenvalue weighted by atomic mass is 10.1. The van der Waals surface area contributed by atoms with E-state index in [0.29, 0.717) is 12.8 Å². The number of rotatable bonds is 3. The van der Waals surface area contributed by atoms with Crippen LogP contribution in [-0.4, -0.2) is 38.7 Å². The second-order valence-corrected chi connectivity index (χ2v) is 6.31. The molecule has 1 N–H and O–H groups in total. The Morgan fingerprint density at radius 3 is 2.59 bits per heavy atom. The maximum absolute atomic E-state index is 12.2. The number of nitriles is 1. The summed E-state index contributed by atoms with van der Waals surface area (Å²) in [4.78, 5) is 0. The molecule has 0 aromatic rings. The monoisotopic (exact) mass is 270 g/mol. The highest BCUT2D eigenvalue weighted by Crippen LogP contribution is 2.25. The summed E-state index contributed by atoms with van der Waals surface area (Å²) in [6.07, 6.45) is -3.60. The van der Waals surface area contributed by atoms with Crippen LogP contribution in [-0.2, 0) is 9.84 Å². The van der Waals surface area contributed by atoms with E-state index >= 15 is 0 Å². The first kappa shape index (κ1) is 14.3. The molecule has 1 saturated heterocycles. The minimum absolute atomic E-state index is 0.0894. The topological polar surface area (TPSA) is 70.0 Å². The molecule has 0 spiro atoms. The lowest BCUT2D eigenvalue weighted by molar-refractivity contribution is -0.157. The highest BCUT2D eigenvalue weighted by Gasteiger charge is 2.40. The van der Waals surface area contributed by atoms with Crippen LogP contribution in [0.5, 0.6) is 0 Å². The van der Waals surface area contributed by atoms with Gasteiger partial charge in [0.25, 0.3) is 0 Å². The zero-order valence-corrected chi connectivity index (χ0v) is 9.81. The summed E-state index contributed by atoms with van der Waals surface area (Å²) < 4.78 is 59.2. The van der Waals surface area contributed by atoms with Gasteiger partial charge in [0.1, 0.15) is 0 Å². The number of alkyl halides is 3. The van der Waals surface area contributed by atoms with Crippen molar-refractivity contribution in [2.45, 2.75) is 25.1 Å². The lowest BCUT2D eigenvalue weighted by Gasteiger charge is -2.24. The van der Waals surface area contributed by atoms with E-state index < -0.39 is 34.5 Å². The second kappa shape index (κ2) is 5.23. The maximum Gasteiger partial charge on any atom is 0.405 e. The van der Waals surface area contributed by atoms with Crippen LogP contribution >= 0.6 is 0 Å². The molecule has 0 bridgehead atoms. The molecule has 98 valence electrons. The molecule has 17 heavy (non-hydrogen) atoms. The molecule has 4 nitrogen and oxygen atoms in total. The molecule has 1 rings (SSSR count). The maximum atomic E-state index is 12.2.